The molecule has 0 aromatic heterocycles. The number of carbonyl (C=O) groups is 2. The Kier molecular flexibility index (Phi) is 5.81. The molecule has 6 heteroatoms. The predicted molar refractivity (Wildman–Crippen MR) is 71.1 cm³/mol. The Balaban J connectivity index is 2.49. The van der Waals surface area contributed by atoms with Gasteiger partial charge in [-0.3, -0.25) is 4.79 Å². The number of methoxy groups -OCH3 is 1. The van der Waals surface area contributed by atoms with Crippen molar-refractivity contribution in [3.8, 4) is 0 Å². The second kappa shape index (κ2) is 7.38. The number of urea groups is 1. The monoisotopic (exact) mass is 266 g/mol. The molecular formula is C13H18N2O4. The summed E-state index contributed by atoms with van der Waals surface area (Å²) in [5, 5.41) is 11.2. The van der Waals surface area contributed by atoms with Crippen molar-refractivity contribution in [1.82, 2.24) is 4.90 Å². The van der Waals surface area contributed by atoms with Gasteiger partial charge in [0.2, 0.25) is 0 Å². The van der Waals surface area contributed by atoms with Gasteiger partial charge in [-0.05, 0) is 17.7 Å². The average molecular weight is 266 g/mol. The van der Waals surface area contributed by atoms with E-state index in [9.17, 15) is 9.59 Å². The molecule has 0 fully saturated rings. The van der Waals surface area contributed by atoms with Crippen LogP contribution in [0.15, 0.2) is 24.3 Å². The van der Waals surface area contributed by atoms with Crippen molar-refractivity contribution in [2.75, 3.05) is 26.0 Å². The highest BCUT2D eigenvalue weighted by molar-refractivity contribution is 5.89. The Morgan fingerprint density at radius 1 is 1.32 bits per heavy atom. The lowest BCUT2D eigenvalue weighted by molar-refractivity contribution is -0.137. The Hall–Kier alpha value is -2.08. The maximum absolute atomic E-state index is 11.7. The average Bonchev–Trinajstić information content (AvgIpc) is 2.38. The van der Waals surface area contributed by atoms with Crippen molar-refractivity contribution >= 4 is 17.7 Å². The van der Waals surface area contributed by atoms with E-state index in [1.54, 1.807) is 26.3 Å². The zero-order chi connectivity index (χ0) is 14.3. The van der Waals surface area contributed by atoms with Gasteiger partial charge in [0.05, 0.1) is 13.0 Å². The second-order valence-corrected chi connectivity index (χ2v) is 4.13. The first-order valence-electron chi connectivity index (χ1n) is 5.84. The summed E-state index contributed by atoms with van der Waals surface area (Å²) in [6.07, 6.45) is -0.0727. The lowest BCUT2D eigenvalue weighted by atomic mass is 10.2. The summed E-state index contributed by atoms with van der Waals surface area (Å²) in [5.41, 5.74) is 1.67. The normalized spacial score (nSPS) is 10.0. The first-order chi connectivity index (χ1) is 9.02. The molecular weight excluding hydrogens is 248 g/mol. The second-order valence-electron chi connectivity index (χ2n) is 4.13. The number of nitrogens with one attached hydrogen (secondary N) is 1. The van der Waals surface area contributed by atoms with Crippen LogP contribution in [0.3, 0.4) is 0 Å². The number of anilines is 1. The van der Waals surface area contributed by atoms with Gasteiger partial charge in [-0.25, -0.2) is 4.79 Å². The number of ether oxygens (including phenoxy) is 1. The minimum Gasteiger partial charge on any atom is -0.481 e. The molecule has 19 heavy (non-hydrogen) atoms. The molecule has 1 aromatic rings. The van der Waals surface area contributed by atoms with E-state index >= 15 is 0 Å². The molecule has 104 valence electrons. The molecule has 6 nitrogen and oxygen atoms in total. The zero-order valence-electron chi connectivity index (χ0n) is 11.0. The highest BCUT2D eigenvalue weighted by atomic mass is 16.5. The number of carboxylic acids is 1. The summed E-state index contributed by atoms with van der Waals surface area (Å²) in [5.74, 6) is -0.927. The van der Waals surface area contributed by atoms with Crippen LogP contribution in [0.2, 0.25) is 0 Å². The molecule has 1 rings (SSSR count). The molecule has 0 aliphatic rings. The van der Waals surface area contributed by atoms with E-state index in [1.165, 1.54) is 4.90 Å². The highest BCUT2D eigenvalue weighted by Crippen LogP contribution is 2.10. The minimum atomic E-state index is -0.927. The smallest absolute Gasteiger partial charge is 0.321 e. The molecule has 0 heterocycles. The first-order valence-corrected chi connectivity index (χ1v) is 5.84. The van der Waals surface area contributed by atoms with Gasteiger partial charge in [-0.15, -0.1) is 0 Å². The van der Waals surface area contributed by atoms with Crippen LogP contribution >= 0.6 is 0 Å². The fourth-order valence-electron chi connectivity index (χ4n) is 1.43. The van der Waals surface area contributed by atoms with E-state index in [-0.39, 0.29) is 19.0 Å². The van der Waals surface area contributed by atoms with Crippen LogP contribution in [-0.2, 0) is 16.1 Å². The Morgan fingerprint density at radius 3 is 2.47 bits per heavy atom. The topological polar surface area (TPSA) is 78.9 Å². The van der Waals surface area contributed by atoms with Crippen molar-refractivity contribution in [3.05, 3.63) is 29.8 Å². The van der Waals surface area contributed by atoms with E-state index in [1.807, 2.05) is 12.1 Å². The fourth-order valence-corrected chi connectivity index (χ4v) is 1.43. The number of aliphatic carboxylic acids is 1. The van der Waals surface area contributed by atoms with Crippen LogP contribution in [0.4, 0.5) is 10.5 Å². The van der Waals surface area contributed by atoms with Crippen molar-refractivity contribution in [2.45, 2.75) is 13.0 Å². The standard InChI is InChI=1S/C13H18N2O4/c1-15(8-7-12(16)17)13(18)14-11-5-3-10(4-6-11)9-19-2/h3-6H,7-9H2,1-2H3,(H,14,18)(H,16,17). The summed E-state index contributed by atoms with van der Waals surface area (Å²) in [4.78, 5) is 23.5. The maximum atomic E-state index is 11.7. The van der Waals surface area contributed by atoms with Gasteiger partial charge >= 0.3 is 12.0 Å². The van der Waals surface area contributed by atoms with E-state index in [4.69, 9.17) is 9.84 Å². The SMILES string of the molecule is COCc1ccc(NC(=O)N(C)CCC(=O)O)cc1. The fraction of sp³-hybridized carbons (Fsp3) is 0.385. The number of rotatable bonds is 6. The van der Waals surface area contributed by atoms with Gasteiger partial charge in [0.1, 0.15) is 0 Å². The summed E-state index contributed by atoms with van der Waals surface area (Å²) in [6, 6.07) is 6.93. The summed E-state index contributed by atoms with van der Waals surface area (Å²) < 4.78 is 4.99. The van der Waals surface area contributed by atoms with Crippen molar-refractivity contribution < 1.29 is 19.4 Å². The van der Waals surface area contributed by atoms with Crippen LogP contribution < -0.4 is 5.32 Å². The molecule has 0 aliphatic carbocycles. The van der Waals surface area contributed by atoms with Gasteiger partial charge < -0.3 is 20.1 Å². The third-order valence-corrected chi connectivity index (χ3v) is 2.52. The van der Waals surface area contributed by atoms with Crippen LogP contribution in [0.5, 0.6) is 0 Å². The van der Waals surface area contributed by atoms with E-state index in [2.05, 4.69) is 5.32 Å². The number of hydrogen-bond donors (Lipinski definition) is 2. The summed E-state index contributed by atoms with van der Waals surface area (Å²) >= 11 is 0. The molecule has 0 saturated heterocycles. The first kappa shape index (κ1) is 15.0. The van der Waals surface area contributed by atoms with Crippen LogP contribution in [-0.4, -0.2) is 42.7 Å². The minimum absolute atomic E-state index is 0.0727. The molecule has 0 aliphatic heterocycles. The molecule has 0 atom stereocenters. The molecule has 2 amide bonds. The largest absolute Gasteiger partial charge is 0.481 e. The maximum Gasteiger partial charge on any atom is 0.321 e. The number of benzene rings is 1. The predicted octanol–water partition coefficient (Wildman–Crippen LogP) is 1.77. The lowest BCUT2D eigenvalue weighted by Crippen LogP contribution is -2.33. The molecule has 0 unspecified atom stereocenters. The molecule has 2 N–H and O–H groups in total. The van der Waals surface area contributed by atoms with Gasteiger partial charge in [-0.1, -0.05) is 12.1 Å². The number of hydrogen-bond acceptors (Lipinski definition) is 3. The number of carboxylic acid groups (broad SMARTS) is 1. The highest BCUT2D eigenvalue weighted by Gasteiger charge is 2.10. The lowest BCUT2D eigenvalue weighted by Gasteiger charge is -2.17. The number of nitrogens with zero attached hydrogens (tertiary/aromatic N) is 1. The molecule has 0 saturated carbocycles. The third kappa shape index (κ3) is 5.39. The Labute approximate surface area is 112 Å². The van der Waals surface area contributed by atoms with Crippen LogP contribution in [0.25, 0.3) is 0 Å². The van der Waals surface area contributed by atoms with Gasteiger partial charge in [-0.2, -0.15) is 0 Å². The molecule has 0 bridgehead atoms. The zero-order valence-corrected chi connectivity index (χ0v) is 11.0. The molecule has 0 radical (unpaired) electrons. The number of carbonyl (C=O) groups excluding carboxylic acids is 1. The van der Waals surface area contributed by atoms with E-state index < -0.39 is 5.97 Å². The Morgan fingerprint density at radius 2 is 1.95 bits per heavy atom. The van der Waals surface area contributed by atoms with Crippen molar-refractivity contribution in [1.29, 1.82) is 0 Å². The van der Waals surface area contributed by atoms with Crippen molar-refractivity contribution in [2.24, 2.45) is 0 Å². The summed E-state index contributed by atoms with van der Waals surface area (Å²) in [6.45, 7) is 0.690. The molecule has 0 spiro atoms. The van der Waals surface area contributed by atoms with Gasteiger partial charge in [0.25, 0.3) is 0 Å². The van der Waals surface area contributed by atoms with Gasteiger partial charge in [0.15, 0.2) is 0 Å². The Bertz CT molecular complexity index is 431. The van der Waals surface area contributed by atoms with Crippen LogP contribution in [0, 0.1) is 0 Å². The molecule has 1 aromatic carbocycles. The van der Waals surface area contributed by atoms with E-state index in [0.29, 0.717) is 12.3 Å². The van der Waals surface area contributed by atoms with E-state index in [0.717, 1.165) is 5.56 Å². The summed E-state index contributed by atoms with van der Waals surface area (Å²) in [7, 11) is 3.17. The number of amides is 2. The van der Waals surface area contributed by atoms with Crippen molar-refractivity contribution in [3.63, 3.8) is 0 Å². The third-order valence-electron chi connectivity index (χ3n) is 2.52. The van der Waals surface area contributed by atoms with Gasteiger partial charge in [0, 0.05) is 26.4 Å². The van der Waals surface area contributed by atoms with Crippen LogP contribution in [0.1, 0.15) is 12.0 Å². The quantitative estimate of drug-likeness (QED) is 0.822.